The summed E-state index contributed by atoms with van der Waals surface area (Å²) in [7, 11) is 0. The predicted molar refractivity (Wildman–Crippen MR) is 187 cm³/mol. The molecule has 1 unspecified atom stereocenters. The Balaban J connectivity index is 1.33. The zero-order valence-electron chi connectivity index (χ0n) is 25.2. The lowest BCUT2D eigenvalue weighted by atomic mass is 9.81. The number of aromatic nitrogens is 4. The minimum Gasteiger partial charge on any atom is -0.264 e. The van der Waals surface area contributed by atoms with Crippen LogP contribution in [0.3, 0.4) is 0 Å². The molecule has 0 bridgehead atoms. The van der Waals surface area contributed by atoms with Crippen LogP contribution in [0.1, 0.15) is 29.0 Å². The molecule has 46 heavy (non-hydrogen) atoms. The van der Waals surface area contributed by atoms with E-state index in [9.17, 15) is 0 Å². The highest BCUT2D eigenvalue weighted by Crippen LogP contribution is 2.39. The Morgan fingerprint density at radius 2 is 1.02 bits per heavy atom. The fraction of sp³-hybridized carbons (Fsp3) is 0.0476. The van der Waals surface area contributed by atoms with Gasteiger partial charge in [0.05, 0.1) is 0 Å². The third-order valence-corrected chi connectivity index (χ3v) is 8.55. The molecule has 4 heteroatoms. The monoisotopic (exact) mass is 590 g/mol. The topological polar surface area (TPSA) is 51.6 Å². The number of fused-ring (bicyclic) bond motifs is 1. The summed E-state index contributed by atoms with van der Waals surface area (Å²) in [5, 5.41) is 0. The van der Waals surface area contributed by atoms with Crippen molar-refractivity contribution in [2.24, 2.45) is 0 Å². The number of pyridine rings is 1. The summed E-state index contributed by atoms with van der Waals surface area (Å²) in [6.07, 6.45) is 9.16. The Kier molecular flexibility index (Phi) is 7.29. The van der Waals surface area contributed by atoms with Crippen molar-refractivity contribution in [1.82, 2.24) is 19.9 Å². The van der Waals surface area contributed by atoms with Gasteiger partial charge >= 0.3 is 0 Å². The molecule has 0 saturated carbocycles. The van der Waals surface area contributed by atoms with Crippen LogP contribution < -0.4 is 0 Å². The fourth-order valence-electron chi connectivity index (χ4n) is 6.25. The summed E-state index contributed by atoms with van der Waals surface area (Å²) in [6.45, 7) is 0. The second-order valence-electron chi connectivity index (χ2n) is 11.5. The van der Waals surface area contributed by atoms with Gasteiger partial charge in [-0.05, 0) is 64.1 Å². The van der Waals surface area contributed by atoms with E-state index < -0.39 is 0 Å². The predicted octanol–water partition coefficient (Wildman–Crippen LogP) is 10.2. The molecule has 8 rings (SSSR count). The molecule has 5 aromatic carbocycles. The summed E-state index contributed by atoms with van der Waals surface area (Å²) < 4.78 is 0. The van der Waals surface area contributed by atoms with Gasteiger partial charge in [0.25, 0.3) is 0 Å². The first kappa shape index (κ1) is 27.5. The quantitative estimate of drug-likeness (QED) is 0.193. The van der Waals surface area contributed by atoms with Gasteiger partial charge in [0, 0.05) is 40.6 Å². The van der Waals surface area contributed by atoms with Crippen LogP contribution in [0.25, 0.3) is 62.5 Å². The second-order valence-corrected chi connectivity index (χ2v) is 11.5. The van der Waals surface area contributed by atoms with Crippen molar-refractivity contribution in [2.45, 2.75) is 12.3 Å². The van der Waals surface area contributed by atoms with E-state index in [0.29, 0.717) is 17.5 Å². The van der Waals surface area contributed by atoms with Crippen LogP contribution in [-0.2, 0) is 0 Å². The molecule has 0 radical (unpaired) electrons. The van der Waals surface area contributed by atoms with Crippen LogP contribution in [0, 0.1) is 0 Å². The average molecular weight is 591 g/mol. The average Bonchev–Trinajstić information content (AvgIpc) is 3.15. The van der Waals surface area contributed by atoms with Crippen LogP contribution in [0.2, 0.25) is 0 Å². The first-order chi connectivity index (χ1) is 22.8. The Labute approximate surface area is 268 Å². The molecule has 1 atom stereocenters. The first-order valence-electron chi connectivity index (χ1n) is 15.6. The molecular weight excluding hydrogens is 560 g/mol. The van der Waals surface area contributed by atoms with E-state index in [1.54, 1.807) is 0 Å². The number of nitrogens with zero attached hydrogens (tertiary/aromatic N) is 4. The summed E-state index contributed by atoms with van der Waals surface area (Å²) in [6, 6.07) is 48.5. The fourth-order valence-corrected chi connectivity index (χ4v) is 6.25. The molecule has 0 saturated heterocycles. The SMILES string of the molecule is C1=Cc2ccccc2C(c2cc(-c3cccc(-c4cccnc4)c3)cc(-c3nc(-c4ccccc4)nc(-c4ccccc4)n3)c2)C1. The third-order valence-electron chi connectivity index (χ3n) is 8.55. The summed E-state index contributed by atoms with van der Waals surface area (Å²) in [5.41, 5.74) is 11.2. The van der Waals surface area contributed by atoms with Crippen molar-refractivity contribution >= 4 is 6.08 Å². The molecule has 0 fully saturated rings. The molecule has 0 amide bonds. The van der Waals surface area contributed by atoms with Gasteiger partial charge in [-0.1, -0.05) is 127 Å². The molecule has 2 aromatic heterocycles. The molecule has 2 heterocycles. The molecule has 0 spiro atoms. The Bertz CT molecular complexity index is 2120. The van der Waals surface area contributed by atoms with Gasteiger partial charge in [0.1, 0.15) is 0 Å². The summed E-state index contributed by atoms with van der Waals surface area (Å²) in [5.74, 6) is 2.17. The number of rotatable bonds is 6. The minimum atomic E-state index is 0.213. The zero-order chi connectivity index (χ0) is 30.7. The minimum absolute atomic E-state index is 0.213. The van der Waals surface area contributed by atoms with Crippen molar-refractivity contribution in [3.05, 3.63) is 175 Å². The van der Waals surface area contributed by atoms with Crippen LogP contribution >= 0.6 is 0 Å². The lowest BCUT2D eigenvalue weighted by Gasteiger charge is -2.23. The lowest BCUT2D eigenvalue weighted by molar-refractivity contribution is 0.820. The van der Waals surface area contributed by atoms with Crippen molar-refractivity contribution < 1.29 is 0 Å². The second kappa shape index (κ2) is 12.2. The van der Waals surface area contributed by atoms with E-state index in [1.807, 2.05) is 79.1 Å². The number of allylic oxidation sites excluding steroid dienone is 1. The number of benzene rings is 5. The number of hydrogen-bond donors (Lipinski definition) is 0. The molecule has 4 nitrogen and oxygen atoms in total. The van der Waals surface area contributed by atoms with E-state index in [-0.39, 0.29) is 5.92 Å². The van der Waals surface area contributed by atoms with Gasteiger partial charge in [0.15, 0.2) is 17.5 Å². The maximum atomic E-state index is 5.09. The Hall–Kier alpha value is -6.00. The van der Waals surface area contributed by atoms with Gasteiger partial charge < -0.3 is 0 Å². The van der Waals surface area contributed by atoms with E-state index in [2.05, 4.69) is 89.9 Å². The molecule has 7 aromatic rings. The van der Waals surface area contributed by atoms with Gasteiger partial charge in [-0.15, -0.1) is 0 Å². The smallest absolute Gasteiger partial charge is 0.164 e. The molecule has 0 N–H and O–H groups in total. The van der Waals surface area contributed by atoms with Gasteiger partial charge in [-0.3, -0.25) is 4.98 Å². The highest BCUT2D eigenvalue weighted by atomic mass is 15.0. The van der Waals surface area contributed by atoms with E-state index in [4.69, 9.17) is 15.0 Å². The largest absolute Gasteiger partial charge is 0.264 e. The van der Waals surface area contributed by atoms with Crippen LogP contribution in [-0.4, -0.2) is 19.9 Å². The number of hydrogen-bond acceptors (Lipinski definition) is 4. The highest BCUT2D eigenvalue weighted by Gasteiger charge is 2.21. The molecule has 0 aliphatic heterocycles. The maximum absolute atomic E-state index is 5.09. The van der Waals surface area contributed by atoms with Crippen molar-refractivity contribution in [1.29, 1.82) is 0 Å². The zero-order valence-corrected chi connectivity index (χ0v) is 25.2. The normalized spacial score (nSPS) is 13.7. The summed E-state index contributed by atoms with van der Waals surface area (Å²) in [4.78, 5) is 19.5. The Morgan fingerprint density at radius 3 is 1.72 bits per heavy atom. The van der Waals surface area contributed by atoms with E-state index in [1.165, 1.54) is 16.7 Å². The molecular formula is C42H30N4. The third kappa shape index (κ3) is 5.53. The molecule has 1 aliphatic rings. The maximum Gasteiger partial charge on any atom is 0.164 e. The van der Waals surface area contributed by atoms with Crippen molar-refractivity contribution in [3.63, 3.8) is 0 Å². The van der Waals surface area contributed by atoms with Crippen LogP contribution in [0.4, 0.5) is 0 Å². The molecule has 1 aliphatic carbocycles. The van der Waals surface area contributed by atoms with E-state index in [0.717, 1.165) is 45.4 Å². The highest BCUT2D eigenvalue weighted by molar-refractivity contribution is 5.78. The lowest BCUT2D eigenvalue weighted by Crippen LogP contribution is -2.07. The van der Waals surface area contributed by atoms with Crippen molar-refractivity contribution in [2.75, 3.05) is 0 Å². The first-order valence-corrected chi connectivity index (χ1v) is 15.6. The van der Waals surface area contributed by atoms with E-state index >= 15 is 0 Å². The summed E-state index contributed by atoms with van der Waals surface area (Å²) >= 11 is 0. The molecule has 218 valence electrons. The standard InChI is InChI=1S/C42H30N4/c1-3-13-30(14-4-1)40-44-41(31-15-5-2-6-16-31)46-42(45-40)37-26-35(33-19-9-18-32(24-33)34-20-11-23-43-28-34)25-36(27-37)39-22-10-17-29-12-7-8-21-38(29)39/h1-21,23-28,39H,22H2. The van der Waals surface area contributed by atoms with Gasteiger partial charge in [-0.25, -0.2) is 15.0 Å². The van der Waals surface area contributed by atoms with Gasteiger partial charge in [0.2, 0.25) is 0 Å². The Morgan fingerprint density at radius 1 is 0.457 bits per heavy atom. The van der Waals surface area contributed by atoms with Crippen LogP contribution in [0.15, 0.2) is 158 Å². The van der Waals surface area contributed by atoms with Gasteiger partial charge in [-0.2, -0.15) is 0 Å². The van der Waals surface area contributed by atoms with Crippen LogP contribution in [0.5, 0.6) is 0 Å². The van der Waals surface area contributed by atoms with Crippen molar-refractivity contribution in [3.8, 4) is 56.4 Å².